The maximum Gasteiger partial charge on any atom is 0.234 e. The van der Waals surface area contributed by atoms with Gasteiger partial charge in [0.05, 0.1) is 24.5 Å². The van der Waals surface area contributed by atoms with E-state index in [1.807, 2.05) is 24.3 Å². The lowest BCUT2D eigenvalue weighted by atomic mass is 9.77. The highest BCUT2D eigenvalue weighted by molar-refractivity contribution is 6.30. The van der Waals surface area contributed by atoms with Crippen molar-refractivity contribution in [3.8, 4) is 0 Å². The number of methoxy groups -OCH3 is 1. The van der Waals surface area contributed by atoms with Crippen molar-refractivity contribution >= 4 is 29.1 Å². The molecule has 0 aliphatic carbocycles. The summed E-state index contributed by atoms with van der Waals surface area (Å²) >= 11 is 5.95. The van der Waals surface area contributed by atoms with Gasteiger partial charge in [-0.05, 0) is 30.7 Å². The van der Waals surface area contributed by atoms with Gasteiger partial charge in [-0.2, -0.15) is 0 Å². The fourth-order valence-corrected chi connectivity index (χ4v) is 4.31. The highest BCUT2D eigenvalue weighted by Crippen LogP contribution is 2.52. The lowest BCUT2D eigenvalue weighted by Crippen LogP contribution is -2.44. The van der Waals surface area contributed by atoms with Gasteiger partial charge in [-0.15, -0.1) is 0 Å². The van der Waals surface area contributed by atoms with Crippen LogP contribution in [0.15, 0.2) is 36.4 Å². The van der Waals surface area contributed by atoms with Crippen LogP contribution in [-0.4, -0.2) is 50.3 Å². The largest absolute Gasteiger partial charge is 0.385 e. The normalized spacial score (nSPS) is 31.5. The van der Waals surface area contributed by atoms with Crippen LogP contribution >= 0.6 is 11.6 Å². The summed E-state index contributed by atoms with van der Waals surface area (Å²) in [7, 11) is 1.63. The minimum atomic E-state index is -0.712. The van der Waals surface area contributed by atoms with Crippen molar-refractivity contribution in [1.29, 1.82) is 0 Å². The number of fused-ring (bicyclic) bond motifs is 1. The SMILES string of the molecule is COCCCNC(=O)C1C2C=C[C@]3(CN(c4ccc(Cl)cc4)C(=O)C13)O2. The Morgan fingerprint density at radius 1 is 1.42 bits per heavy atom. The molecule has 6 nitrogen and oxygen atoms in total. The third-order valence-corrected chi connectivity index (χ3v) is 5.62. The molecule has 1 aromatic carbocycles. The molecule has 3 heterocycles. The standard InChI is InChI=1S/C19H21ClN2O4/c1-25-10-2-9-21-17(23)15-14-7-8-19(26-14)11-22(18(24)16(15)19)13-5-3-12(20)4-6-13/h3-8,14-16H,2,9-11H2,1H3,(H,21,23)/t14?,15?,16?,19-/m1/s1. The number of carbonyl (C=O) groups excluding carboxylic acids is 2. The second-order valence-electron chi connectivity index (χ2n) is 6.94. The quantitative estimate of drug-likeness (QED) is 0.607. The second kappa shape index (κ2) is 6.68. The fraction of sp³-hybridized carbons (Fsp3) is 0.474. The third kappa shape index (κ3) is 2.73. The molecule has 3 aliphatic heterocycles. The number of amides is 2. The lowest BCUT2D eigenvalue weighted by Gasteiger charge is -2.23. The van der Waals surface area contributed by atoms with E-state index in [0.29, 0.717) is 24.7 Å². The van der Waals surface area contributed by atoms with Gasteiger partial charge in [0.2, 0.25) is 11.8 Å². The first-order chi connectivity index (χ1) is 12.6. The molecule has 0 aromatic heterocycles. The first-order valence-electron chi connectivity index (χ1n) is 8.76. The molecule has 0 radical (unpaired) electrons. The zero-order chi connectivity index (χ0) is 18.3. The number of carbonyl (C=O) groups is 2. The number of hydrogen-bond acceptors (Lipinski definition) is 4. The van der Waals surface area contributed by atoms with E-state index in [0.717, 1.165) is 12.1 Å². The molecule has 26 heavy (non-hydrogen) atoms. The number of hydrogen-bond donors (Lipinski definition) is 1. The van der Waals surface area contributed by atoms with Gasteiger partial charge in [-0.3, -0.25) is 9.59 Å². The molecular formula is C19H21ClN2O4. The smallest absolute Gasteiger partial charge is 0.234 e. The van der Waals surface area contributed by atoms with Gasteiger partial charge in [-0.25, -0.2) is 0 Å². The highest BCUT2D eigenvalue weighted by atomic mass is 35.5. The van der Waals surface area contributed by atoms with Crippen LogP contribution in [0.5, 0.6) is 0 Å². The summed E-state index contributed by atoms with van der Waals surface area (Å²) in [6.07, 6.45) is 4.26. The van der Waals surface area contributed by atoms with Crippen LogP contribution in [0.25, 0.3) is 0 Å². The van der Waals surface area contributed by atoms with Gasteiger partial charge in [0.15, 0.2) is 0 Å². The van der Waals surface area contributed by atoms with E-state index in [2.05, 4.69) is 5.32 Å². The minimum Gasteiger partial charge on any atom is -0.385 e. The molecule has 2 fully saturated rings. The van der Waals surface area contributed by atoms with E-state index in [-0.39, 0.29) is 17.9 Å². The Hall–Kier alpha value is -1.89. The van der Waals surface area contributed by atoms with Crippen LogP contribution in [0.2, 0.25) is 5.02 Å². The average molecular weight is 377 g/mol. The van der Waals surface area contributed by atoms with E-state index in [1.54, 1.807) is 24.1 Å². The van der Waals surface area contributed by atoms with Crippen molar-refractivity contribution < 1.29 is 19.1 Å². The summed E-state index contributed by atoms with van der Waals surface area (Å²) in [5.74, 6) is -1.19. The molecule has 2 saturated heterocycles. The van der Waals surface area contributed by atoms with Gasteiger partial charge in [-0.1, -0.05) is 23.8 Å². The van der Waals surface area contributed by atoms with Crippen molar-refractivity contribution in [2.45, 2.75) is 18.1 Å². The van der Waals surface area contributed by atoms with Crippen LogP contribution in [0.3, 0.4) is 0 Å². The number of anilines is 1. The average Bonchev–Trinajstić information content (AvgIpc) is 3.28. The van der Waals surface area contributed by atoms with Crippen molar-refractivity contribution in [1.82, 2.24) is 5.32 Å². The van der Waals surface area contributed by atoms with Gasteiger partial charge in [0.25, 0.3) is 0 Å². The van der Waals surface area contributed by atoms with Crippen molar-refractivity contribution in [3.63, 3.8) is 0 Å². The van der Waals surface area contributed by atoms with E-state index >= 15 is 0 Å². The summed E-state index contributed by atoms with van der Waals surface area (Å²) in [5, 5.41) is 3.53. The zero-order valence-corrected chi connectivity index (χ0v) is 15.2. The molecule has 7 heteroatoms. The molecule has 0 saturated carbocycles. The zero-order valence-electron chi connectivity index (χ0n) is 14.5. The number of ether oxygens (including phenoxy) is 2. The van der Waals surface area contributed by atoms with E-state index in [9.17, 15) is 9.59 Å². The third-order valence-electron chi connectivity index (χ3n) is 5.37. The first-order valence-corrected chi connectivity index (χ1v) is 9.14. The second-order valence-corrected chi connectivity index (χ2v) is 7.37. The number of nitrogens with one attached hydrogen (secondary N) is 1. The highest BCUT2D eigenvalue weighted by Gasteiger charge is 2.66. The molecule has 3 aliphatic rings. The predicted octanol–water partition coefficient (Wildman–Crippen LogP) is 1.78. The Balaban J connectivity index is 1.53. The summed E-state index contributed by atoms with van der Waals surface area (Å²) in [5.41, 5.74) is 0.0542. The molecule has 4 atom stereocenters. The molecule has 1 spiro atoms. The molecule has 4 rings (SSSR count). The van der Waals surface area contributed by atoms with E-state index in [4.69, 9.17) is 21.1 Å². The maximum atomic E-state index is 13.1. The number of halogens is 1. The molecule has 2 amide bonds. The molecule has 3 unspecified atom stereocenters. The number of benzene rings is 1. The van der Waals surface area contributed by atoms with E-state index < -0.39 is 17.4 Å². The molecule has 1 N–H and O–H groups in total. The number of nitrogens with zero attached hydrogens (tertiary/aromatic N) is 1. The van der Waals surface area contributed by atoms with Crippen LogP contribution in [0.4, 0.5) is 5.69 Å². The van der Waals surface area contributed by atoms with Gasteiger partial charge >= 0.3 is 0 Å². The Morgan fingerprint density at radius 2 is 2.19 bits per heavy atom. The Morgan fingerprint density at radius 3 is 2.92 bits per heavy atom. The van der Waals surface area contributed by atoms with Gasteiger partial charge in [0, 0.05) is 31.0 Å². The number of rotatable bonds is 6. The molecule has 138 valence electrons. The summed E-state index contributed by atoms with van der Waals surface area (Å²) in [4.78, 5) is 27.5. The Labute approximate surface area is 157 Å². The Kier molecular flexibility index (Phi) is 4.50. The monoisotopic (exact) mass is 376 g/mol. The van der Waals surface area contributed by atoms with Crippen LogP contribution in [0, 0.1) is 11.8 Å². The van der Waals surface area contributed by atoms with Crippen LogP contribution < -0.4 is 10.2 Å². The van der Waals surface area contributed by atoms with Crippen molar-refractivity contribution in [3.05, 3.63) is 41.4 Å². The van der Waals surface area contributed by atoms with Gasteiger partial charge in [0.1, 0.15) is 5.60 Å². The summed E-state index contributed by atoms with van der Waals surface area (Å²) < 4.78 is 11.1. The van der Waals surface area contributed by atoms with E-state index in [1.165, 1.54) is 0 Å². The predicted molar refractivity (Wildman–Crippen MR) is 97.0 cm³/mol. The van der Waals surface area contributed by atoms with Crippen LogP contribution in [0.1, 0.15) is 6.42 Å². The molecule has 2 bridgehead atoms. The maximum absolute atomic E-state index is 13.1. The molecule has 1 aromatic rings. The summed E-state index contributed by atoms with van der Waals surface area (Å²) in [6.45, 7) is 1.52. The van der Waals surface area contributed by atoms with Crippen LogP contribution in [-0.2, 0) is 19.1 Å². The summed E-state index contributed by atoms with van der Waals surface area (Å²) in [6, 6.07) is 7.13. The minimum absolute atomic E-state index is 0.0730. The molecular weight excluding hydrogens is 356 g/mol. The van der Waals surface area contributed by atoms with Crippen molar-refractivity contribution in [2.75, 3.05) is 31.7 Å². The first kappa shape index (κ1) is 17.5. The Bertz CT molecular complexity index is 750. The van der Waals surface area contributed by atoms with Crippen molar-refractivity contribution in [2.24, 2.45) is 11.8 Å². The lowest BCUT2D eigenvalue weighted by molar-refractivity contribution is -0.131. The topological polar surface area (TPSA) is 67.9 Å². The fourth-order valence-electron chi connectivity index (χ4n) is 4.18. The van der Waals surface area contributed by atoms with Gasteiger partial charge < -0.3 is 19.7 Å².